The van der Waals surface area contributed by atoms with Crippen molar-refractivity contribution in [3.8, 4) is 0 Å². The van der Waals surface area contributed by atoms with Gasteiger partial charge in [-0.25, -0.2) is 17.5 Å². The molecule has 0 aliphatic carbocycles. The predicted octanol–water partition coefficient (Wildman–Crippen LogP) is -0.562. The molecule has 0 spiro atoms. The van der Waals surface area contributed by atoms with E-state index in [1.165, 1.54) is 0 Å². The minimum absolute atomic E-state index is 0.101. The van der Waals surface area contributed by atoms with Gasteiger partial charge in [0.1, 0.15) is 5.82 Å². The van der Waals surface area contributed by atoms with Gasteiger partial charge in [-0.05, 0) is 18.2 Å². The Labute approximate surface area is 104 Å². The molecule has 1 aromatic rings. The van der Waals surface area contributed by atoms with E-state index in [9.17, 15) is 17.6 Å². The molecule has 0 heterocycles. The van der Waals surface area contributed by atoms with Gasteiger partial charge in [-0.3, -0.25) is 4.79 Å². The molecule has 0 saturated heterocycles. The number of halogens is 1. The maximum Gasteiger partial charge on any atom is 0.240 e. The summed E-state index contributed by atoms with van der Waals surface area (Å²) in [6.45, 7) is -0.205. The van der Waals surface area contributed by atoms with Crippen LogP contribution in [0.25, 0.3) is 0 Å². The minimum atomic E-state index is -3.79. The number of benzene rings is 1. The summed E-state index contributed by atoms with van der Waals surface area (Å²) >= 11 is 0. The Bertz CT molecular complexity index is 545. The average Bonchev–Trinajstić information content (AvgIpc) is 2.28. The van der Waals surface area contributed by atoms with Gasteiger partial charge >= 0.3 is 0 Å². The molecule has 5 N–H and O–H groups in total. The van der Waals surface area contributed by atoms with Crippen LogP contribution in [0.5, 0.6) is 0 Å². The summed E-state index contributed by atoms with van der Waals surface area (Å²) in [7, 11) is -3.79. The van der Waals surface area contributed by atoms with E-state index in [0.717, 1.165) is 18.2 Å². The van der Waals surface area contributed by atoms with Gasteiger partial charge in [-0.1, -0.05) is 0 Å². The summed E-state index contributed by atoms with van der Waals surface area (Å²) in [5.41, 5.74) is 10.3. The standard InChI is InChI=1S/C10H14FN3O3S/c11-9-2-1-8(5-7(9)6-12)18(16,17)14-4-3-10(13)15/h1-2,5,14H,3-4,6,12H2,(H2,13,15). The lowest BCUT2D eigenvalue weighted by atomic mass is 10.2. The fourth-order valence-corrected chi connectivity index (χ4v) is 2.35. The molecule has 0 fully saturated rings. The van der Waals surface area contributed by atoms with E-state index >= 15 is 0 Å². The van der Waals surface area contributed by atoms with Crippen molar-refractivity contribution in [3.63, 3.8) is 0 Å². The van der Waals surface area contributed by atoms with E-state index in [2.05, 4.69) is 4.72 Å². The maximum absolute atomic E-state index is 13.2. The van der Waals surface area contributed by atoms with Crippen molar-refractivity contribution in [2.24, 2.45) is 11.5 Å². The number of sulfonamides is 1. The van der Waals surface area contributed by atoms with Crippen molar-refractivity contribution in [1.29, 1.82) is 0 Å². The number of nitrogens with one attached hydrogen (secondary N) is 1. The first-order valence-corrected chi connectivity index (χ1v) is 6.61. The zero-order valence-corrected chi connectivity index (χ0v) is 10.3. The van der Waals surface area contributed by atoms with Gasteiger partial charge < -0.3 is 11.5 Å². The Morgan fingerprint density at radius 3 is 2.61 bits per heavy atom. The summed E-state index contributed by atoms with van der Waals surface area (Å²) < 4.78 is 38.9. The molecule has 0 unspecified atom stereocenters. The first-order valence-electron chi connectivity index (χ1n) is 5.13. The number of rotatable bonds is 6. The van der Waals surface area contributed by atoms with Gasteiger partial charge in [-0.15, -0.1) is 0 Å². The Morgan fingerprint density at radius 2 is 2.06 bits per heavy atom. The SMILES string of the molecule is NCc1cc(S(=O)(=O)NCCC(N)=O)ccc1F. The molecule has 0 bridgehead atoms. The largest absolute Gasteiger partial charge is 0.370 e. The molecule has 1 aromatic carbocycles. The van der Waals surface area contributed by atoms with Gasteiger partial charge in [0, 0.05) is 25.1 Å². The number of hydrogen-bond donors (Lipinski definition) is 3. The number of carbonyl (C=O) groups excluding carboxylic acids is 1. The monoisotopic (exact) mass is 275 g/mol. The Kier molecular flexibility index (Phi) is 4.76. The van der Waals surface area contributed by atoms with Crippen LogP contribution in [0, 0.1) is 5.82 Å². The van der Waals surface area contributed by atoms with Gasteiger partial charge in [0.2, 0.25) is 15.9 Å². The third-order valence-corrected chi connectivity index (χ3v) is 3.67. The van der Waals surface area contributed by atoms with Crippen LogP contribution in [-0.2, 0) is 21.4 Å². The van der Waals surface area contributed by atoms with Crippen molar-refractivity contribution in [3.05, 3.63) is 29.6 Å². The highest BCUT2D eigenvalue weighted by molar-refractivity contribution is 7.89. The van der Waals surface area contributed by atoms with Crippen LogP contribution < -0.4 is 16.2 Å². The molecule has 100 valence electrons. The molecule has 0 aliphatic heterocycles. The number of nitrogens with two attached hydrogens (primary N) is 2. The topological polar surface area (TPSA) is 115 Å². The molecule has 0 aliphatic rings. The molecule has 8 heteroatoms. The van der Waals surface area contributed by atoms with Crippen molar-refractivity contribution in [2.45, 2.75) is 17.9 Å². The fourth-order valence-electron chi connectivity index (χ4n) is 1.27. The molecule has 0 radical (unpaired) electrons. The summed E-state index contributed by atoms with van der Waals surface area (Å²) in [6, 6.07) is 3.31. The predicted molar refractivity (Wildman–Crippen MR) is 63.3 cm³/mol. The highest BCUT2D eigenvalue weighted by Crippen LogP contribution is 2.14. The van der Waals surface area contributed by atoms with E-state index in [0.29, 0.717) is 0 Å². The fraction of sp³-hybridized carbons (Fsp3) is 0.300. The Hall–Kier alpha value is -1.51. The third kappa shape index (κ3) is 3.76. The number of hydrogen-bond acceptors (Lipinski definition) is 4. The van der Waals surface area contributed by atoms with Gasteiger partial charge in [-0.2, -0.15) is 0 Å². The Morgan fingerprint density at radius 1 is 1.39 bits per heavy atom. The number of amides is 1. The van der Waals surface area contributed by atoms with Crippen LogP contribution in [0.3, 0.4) is 0 Å². The van der Waals surface area contributed by atoms with Gasteiger partial charge in [0.25, 0.3) is 0 Å². The molecule has 1 amide bonds. The second-order valence-electron chi connectivity index (χ2n) is 3.57. The molecule has 6 nitrogen and oxygen atoms in total. The quantitative estimate of drug-likeness (QED) is 0.645. The normalized spacial score (nSPS) is 11.4. The van der Waals surface area contributed by atoms with Crippen molar-refractivity contribution in [1.82, 2.24) is 4.72 Å². The van der Waals surface area contributed by atoms with E-state index in [4.69, 9.17) is 11.5 Å². The average molecular weight is 275 g/mol. The first-order chi connectivity index (χ1) is 8.36. The molecular formula is C10H14FN3O3S. The second kappa shape index (κ2) is 5.89. The number of carbonyl (C=O) groups is 1. The number of primary amides is 1. The molecule has 0 atom stereocenters. The molecule has 0 aromatic heterocycles. The first kappa shape index (κ1) is 14.6. The lowest BCUT2D eigenvalue weighted by Gasteiger charge is -2.07. The summed E-state index contributed by atoms with van der Waals surface area (Å²) in [5, 5.41) is 0. The maximum atomic E-state index is 13.2. The van der Waals surface area contributed by atoms with Crippen LogP contribution in [0.2, 0.25) is 0 Å². The zero-order chi connectivity index (χ0) is 13.8. The molecule has 0 saturated carbocycles. The summed E-state index contributed by atoms with van der Waals surface area (Å²) in [4.78, 5) is 10.4. The minimum Gasteiger partial charge on any atom is -0.370 e. The zero-order valence-electron chi connectivity index (χ0n) is 9.52. The van der Waals surface area contributed by atoms with Gasteiger partial charge in [0.15, 0.2) is 0 Å². The summed E-state index contributed by atoms with van der Waals surface area (Å²) in [5.74, 6) is -1.17. The van der Waals surface area contributed by atoms with Crippen LogP contribution >= 0.6 is 0 Å². The van der Waals surface area contributed by atoms with E-state index < -0.39 is 21.7 Å². The van der Waals surface area contributed by atoms with Crippen molar-refractivity contribution >= 4 is 15.9 Å². The lowest BCUT2D eigenvalue weighted by molar-refractivity contribution is -0.117. The van der Waals surface area contributed by atoms with E-state index in [-0.39, 0.29) is 30.0 Å². The highest BCUT2D eigenvalue weighted by Gasteiger charge is 2.15. The highest BCUT2D eigenvalue weighted by atomic mass is 32.2. The molecular weight excluding hydrogens is 261 g/mol. The second-order valence-corrected chi connectivity index (χ2v) is 5.34. The van der Waals surface area contributed by atoms with E-state index in [1.54, 1.807) is 0 Å². The lowest BCUT2D eigenvalue weighted by Crippen LogP contribution is -2.28. The van der Waals surface area contributed by atoms with Crippen molar-refractivity contribution < 1.29 is 17.6 Å². The smallest absolute Gasteiger partial charge is 0.240 e. The van der Waals surface area contributed by atoms with E-state index in [1.807, 2.05) is 0 Å². The van der Waals surface area contributed by atoms with Crippen LogP contribution in [0.15, 0.2) is 23.1 Å². The Balaban J connectivity index is 2.88. The van der Waals surface area contributed by atoms with Gasteiger partial charge in [0.05, 0.1) is 4.90 Å². The van der Waals surface area contributed by atoms with Crippen LogP contribution in [0.1, 0.15) is 12.0 Å². The van der Waals surface area contributed by atoms with Crippen LogP contribution in [-0.4, -0.2) is 20.9 Å². The molecule has 18 heavy (non-hydrogen) atoms. The van der Waals surface area contributed by atoms with Crippen LogP contribution in [0.4, 0.5) is 4.39 Å². The van der Waals surface area contributed by atoms with Crippen molar-refractivity contribution in [2.75, 3.05) is 6.54 Å². The third-order valence-electron chi connectivity index (χ3n) is 2.21. The summed E-state index contributed by atoms with van der Waals surface area (Å²) in [6.07, 6.45) is -0.107. The molecule has 1 rings (SSSR count).